The third-order valence-electron chi connectivity index (χ3n) is 2.93. The van der Waals surface area contributed by atoms with Gasteiger partial charge in [0.2, 0.25) is 0 Å². The number of pyridine rings is 1. The zero-order valence-corrected chi connectivity index (χ0v) is 13.6. The predicted octanol–water partition coefficient (Wildman–Crippen LogP) is 3.18. The molecule has 0 aliphatic heterocycles. The van der Waals surface area contributed by atoms with Gasteiger partial charge in [0.1, 0.15) is 17.3 Å². The van der Waals surface area contributed by atoms with Gasteiger partial charge in [-0.25, -0.2) is 15.0 Å². The van der Waals surface area contributed by atoms with Gasteiger partial charge in [-0.15, -0.1) is 0 Å². The van der Waals surface area contributed by atoms with Crippen molar-refractivity contribution in [2.24, 2.45) is 0 Å². The maximum atomic E-state index is 4.37. The van der Waals surface area contributed by atoms with Crippen molar-refractivity contribution in [3.05, 3.63) is 35.9 Å². The zero-order valence-electron chi connectivity index (χ0n) is 13.6. The molecule has 2 heterocycles. The van der Waals surface area contributed by atoms with Gasteiger partial charge in [0.25, 0.3) is 0 Å². The van der Waals surface area contributed by atoms with Crippen LogP contribution in [-0.2, 0) is 0 Å². The molecule has 2 rings (SSSR count). The predicted molar refractivity (Wildman–Crippen MR) is 93.4 cm³/mol. The summed E-state index contributed by atoms with van der Waals surface area (Å²) in [6, 6.07) is 1.90. The second-order valence-electron chi connectivity index (χ2n) is 4.70. The highest BCUT2D eigenvalue weighted by atomic mass is 15.1. The Labute approximate surface area is 137 Å². The van der Waals surface area contributed by atoms with E-state index < -0.39 is 0 Å². The van der Waals surface area contributed by atoms with Crippen LogP contribution < -0.4 is 10.6 Å². The molecule has 2 aromatic heterocycles. The van der Waals surface area contributed by atoms with Crippen LogP contribution in [0.4, 0.5) is 17.3 Å². The number of hydrogen-bond acceptors (Lipinski definition) is 5. The second kappa shape index (κ2) is 8.41. The minimum absolute atomic E-state index is 0.617. The second-order valence-corrected chi connectivity index (χ2v) is 4.70. The summed E-state index contributed by atoms with van der Waals surface area (Å²) in [4.78, 5) is 12.8. The van der Waals surface area contributed by atoms with E-state index >= 15 is 0 Å². The number of nitrogens with zero attached hydrogens (tertiary/aromatic N) is 3. The van der Waals surface area contributed by atoms with Gasteiger partial charge < -0.3 is 10.6 Å². The Hall–Kier alpha value is -3.05. The molecule has 0 spiro atoms. The normalized spacial score (nSPS) is 9.17. The van der Waals surface area contributed by atoms with Gasteiger partial charge in [-0.2, -0.15) is 0 Å². The van der Waals surface area contributed by atoms with Crippen molar-refractivity contribution in [3.63, 3.8) is 0 Å². The minimum Gasteiger partial charge on any atom is -0.387 e. The van der Waals surface area contributed by atoms with E-state index in [1.807, 2.05) is 13.1 Å². The number of rotatable bonds is 4. The van der Waals surface area contributed by atoms with Gasteiger partial charge in [0.05, 0.1) is 23.6 Å². The molecule has 2 N–H and O–H groups in total. The first-order valence-electron chi connectivity index (χ1n) is 7.45. The van der Waals surface area contributed by atoms with Crippen molar-refractivity contribution in [2.75, 3.05) is 17.7 Å². The Kier molecular flexibility index (Phi) is 5.97. The first-order chi connectivity index (χ1) is 11.3. The van der Waals surface area contributed by atoms with E-state index in [9.17, 15) is 0 Å². The zero-order chi connectivity index (χ0) is 16.5. The Morgan fingerprint density at radius 3 is 2.52 bits per heavy atom. The Balaban J connectivity index is 2.17. The minimum atomic E-state index is 0.617. The highest BCUT2D eigenvalue weighted by molar-refractivity contribution is 5.65. The summed E-state index contributed by atoms with van der Waals surface area (Å²) >= 11 is 0. The standard InChI is InChI=1S/C18H19N5/c1-4-6-7-9-14-11-21-17(10-16(14)19-3)23-18-13-20-15(8-5-2)12-22-18/h10-13H,4,6H2,1-3H3,(H2,19,21,22,23). The van der Waals surface area contributed by atoms with Crippen molar-refractivity contribution >= 4 is 17.3 Å². The lowest BCUT2D eigenvalue weighted by Crippen LogP contribution is -2.00. The smallest absolute Gasteiger partial charge is 0.150 e. The third kappa shape index (κ3) is 4.72. The van der Waals surface area contributed by atoms with Crippen LogP contribution >= 0.6 is 0 Å². The van der Waals surface area contributed by atoms with Gasteiger partial charge in [-0.1, -0.05) is 24.7 Å². The summed E-state index contributed by atoms with van der Waals surface area (Å²) in [6.45, 7) is 3.87. The number of nitrogens with one attached hydrogen (secondary N) is 2. The Morgan fingerprint density at radius 2 is 1.87 bits per heavy atom. The summed E-state index contributed by atoms with van der Waals surface area (Å²) < 4.78 is 0. The van der Waals surface area contributed by atoms with Crippen LogP contribution in [0.1, 0.15) is 37.9 Å². The fourth-order valence-corrected chi connectivity index (χ4v) is 1.83. The summed E-state index contributed by atoms with van der Waals surface area (Å²) in [5.74, 6) is 13.2. The quantitative estimate of drug-likeness (QED) is 0.850. The lowest BCUT2D eigenvalue weighted by Gasteiger charge is -2.08. The van der Waals surface area contributed by atoms with Crippen LogP contribution in [0.3, 0.4) is 0 Å². The average Bonchev–Trinajstić information content (AvgIpc) is 2.58. The molecule has 0 saturated heterocycles. The Morgan fingerprint density at radius 1 is 1.04 bits per heavy atom. The van der Waals surface area contributed by atoms with E-state index in [0.29, 0.717) is 17.3 Å². The molecule has 0 amide bonds. The van der Waals surface area contributed by atoms with Crippen molar-refractivity contribution in [3.8, 4) is 23.7 Å². The first kappa shape index (κ1) is 16.3. The van der Waals surface area contributed by atoms with Gasteiger partial charge in [0, 0.05) is 25.7 Å². The molecule has 0 aliphatic rings. The molecular weight excluding hydrogens is 286 g/mol. The summed E-state index contributed by atoms with van der Waals surface area (Å²) in [6.07, 6.45) is 6.94. The third-order valence-corrected chi connectivity index (χ3v) is 2.93. The van der Waals surface area contributed by atoms with Crippen molar-refractivity contribution in [1.82, 2.24) is 15.0 Å². The summed E-state index contributed by atoms with van der Waals surface area (Å²) in [5, 5.41) is 6.26. The number of hydrogen-bond donors (Lipinski definition) is 2. The van der Waals surface area contributed by atoms with Gasteiger partial charge in [0.15, 0.2) is 0 Å². The lowest BCUT2D eigenvalue weighted by atomic mass is 10.2. The first-order valence-corrected chi connectivity index (χ1v) is 7.45. The maximum Gasteiger partial charge on any atom is 0.150 e. The number of unbranched alkanes of at least 4 members (excludes halogenated alkanes) is 1. The van der Waals surface area contributed by atoms with Crippen LogP contribution in [-0.4, -0.2) is 22.0 Å². The molecule has 0 atom stereocenters. The topological polar surface area (TPSA) is 62.7 Å². The van der Waals surface area contributed by atoms with Crippen LogP contribution in [0.15, 0.2) is 24.7 Å². The SMILES string of the molecule is CC#Cc1cnc(Nc2cc(NC)c(C#CCCC)cn2)cn1. The lowest BCUT2D eigenvalue weighted by molar-refractivity contribution is 0.983. The summed E-state index contributed by atoms with van der Waals surface area (Å²) in [7, 11) is 1.86. The molecule has 0 fully saturated rings. The molecule has 2 aromatic rings. The molecule has 0 unspecified atom stereocenters. The fraction of sp³-hybridized carbons (Fsp3) is 0.278. The number of aromatic nitrogens is 3. The molecule has 0 radical (unpaired) electrons. The van der Waals surface area contributed by atoms with E-state index in [2.05, 4.69) is 56.2 Å². The Bertz CT molecular complexity index is 773. The van der Waals surface area contributed by atoms with Crippen LogP contribution in [0, 0.1) is 23.7 Å². The van der Waals surface area contributed by atoms with E-state index in [0.717, 1.165) is 24.1 Å². The van der Waals surface area contributed by atoms with Crippen molar-refractivity contribution in [2.45, 2.75) is 26.7 Å². The molecule has 0 aromatic carbocycles. The molecule has 0 aliphatic carbocycles. The monoisotopic (exact) mass is 305 g/mol. The average molecular weight is 305 g/mol. The molecule has 0 saturated carbocycles. The van der Waals surface area contributed by atoms with Gasteiger partial charge in [-0.3, -0.25) is 0 Å². The van der Waals surface area contributed by atoms with Gasteiger partial charge in [-0.05, 0) is 19.3 Å². The van der Waals surface area contributed by atoms with Crippen molar-refractivity contribution in [1.29, 1.82) is 0 Å². The summed E-state index contributed by atoms with van der Waals surface area (Å²) in [5.41, 5.74) is 2.45. The van der Waals surface area contributed by atoms with Crippen molar-refractivity contribution < 1.29 is 0 Å². The molecule has 0 bridgehead atoms. The molecular formula is C18H19N5. The molecule has 5 nitrogen and oxygen atoms in total. The van der Waals surface area contributed by atoms with E-state index in [1.54, 1.807) is 25.5 Å². The van der Waals surface area contributed by atoms with Crippen LogP contribution in [0.2, 0.25) is 0 Å². The van der Waals surface area contributed by atoms with Crippen LogP contribution in [0.5, 0.6) is 0 Å². The van der Waals surface area contributed by atoms with Crippen LogP contribution in [0.25, 0.3) is 0 Å². The number of anilines is 3. The van der Waals surface area contributed by atoms with Gasteiger partial charge >= 0.3 is 0 Å². The molecule has 116 valence electrons. The van der Waals surface area contributed by atoms with E-state index in [-0.39, 0.29) is 0 Å². The fourth-order valence-electron chi connectivity index (χ4n) is 1.83. The maximum absolute atomic E-state index is 4.37. The van der Waals surface area contributed by atoms with E-state index in [1.165, 1.54) is 0 Å². The molecule has 5 heteroatoms. The van der Waals surface area contributed by atoms with E-state index in [4.69, 9.17) is 0 Å². The highest BCUT2D eigenvalue weighted by Gasteiger charge is 2.03. The molecule has 23 heavy (non-hydrogen) atoms. The highest BCUT2D eigenvalue weighted by Crippen LogP contribution is 2.19. The largest absolute Gasteiger partial charge is 0.387 e.